The Morgan fingerprint density at radius 3 is 2.41 bits per heavy atom. The lowest BCUT2D eigenvalue weighted by molar-refractivity contribution is -0.128. The number of rotatable bonds is 6. The molecule has 29 heavy (non-hydrogen) atoms. The number of benzene rings is 2. The third-order valence-electron chi connectivity index (χ3n) is 5.08. The second kappa shape index (κ2) is 9.33. The molecule has 1 aliphatic heterocycles. The van der Waals surface area contributed by atoms with E-state index in [-0.39, 0.29) is 23.5 Å². The quantitative estimate of drug-likeness (QED) is 0.593. The molecule has 0 aliphatic carbocycles. The first-order valence-corrected chi connectivity index (χ1v) is 12.1. The van der Waals surface area contributed by atoms with Gasteiger partial charge < -0.3 is 4.90 Å². The molecule has 0 unspecified atom stereocenters. The number of hydrogen-bond acceptors (Lipinski definition) is 3. The predicted molar refractivity (Wildman–Crippen MR) is 119 cm³/mol. The SMILES string of the molecule is CCc1ccc(CN(C(=O)/C=C/c2ccc(Cl)cc2Cl)[C@H]2CCS(=O)(=O)C2)cc1. The first-order valence-electron chi connectivity index (χ1n) is 9.49. The highest BCUT2D eigenvalue weighted by atomic mass is 35.5. The number of amides is 1. The van der Waals surface area contributed by atoms with E-state index >= 15 is 0 Å². The molecular formula is C22H23Cl2NO3S. The molecule has 2 aromatic rings. The largest absolute Gasteiger partial charge is 0.331 e. The zero-order chi connectivity index (χ0) is 21.0. The molecular weight excluding hydrogens is 429 g/mol. The minimum atomic E-state index is -3.11. The Labute approximate surface area is 182 Å². The van der Waals surface area contributed by atoms with Crippen molar-refractivity contribution >= 4 is 45.0 Å². The molecule has 1 fully saturated rings. The van der Waals surface area contributed by atoms with Gasteiger partial charge in [0.1, 0.15) is 0 Å². The standard InChI is InChI=1S/C22H23Cl2NO3S/c1-2-16-3-5-17(6-4-16)14-25(20-11-12-29(27,28)15-20)22(26)10-8-18-7-9-19(23)13-21(18)24/h3-10,13,20H,2,11-12,14-15H2,1H3/b10-8+/t20-/m0/s1. The van der Waals surface area contributed by atoms with Crippen molar-refractivity contribution in [3.8, 4) is 0 Å². The average Bonchev–Trinajstić information content (AvgIpc) is 3.05. The molecule has 154 valence electrons. The van der Waals surface area contributed by atoms with Crippen LogP contribution in [0.5, 0.6) is 0 Å². The van der Waals surface area contributed by atoms with Gasteiger partial charge in [-0.25, -0.2) is 8.42 Å². The maximum absolute atomic E-state index is 13.0. The topological polar surface area (TPSA) is 54.5 Å². The summed E-state index contributed by atoms with van der Waals surface area (Å²) in [6.07, 6.45) is 4.48. The van der Waals surface area contributed by atoms with Gasteiger partial charge in [0, 0.05) is 28.7 Å². The van der Waals surface area contributed by atoms with Crippen molar-refractivity contribution in [3.63, 3.8) is 0 Å². The summed E-state index contributed by atoms with van der Waals surface area (Å²) >= 11 is 12.1. The number of carbonyl (C=O) groups excluding carboxylic acids is 1. The molecule has 0 N–H and O–H groups in total. The van der Waals surface area contributed by atoms with Crippen LogP contribution in [-0.4, -0.2) is 36.8 Å². The molecule has 1 saturated heterocycles. The van der Waals surface area contributed by atoms with Crippen molar-refractivity contribution in [3.05, 3.63) is 75.3 Å². The van der Waals surface area contributed by atoms with Crippen LogP contribution in [-0.2, 0) is 27.6 Å². The lowest BCUT2D eigenvalue weighted by Crippen LogP contribution is -2.39. The van der Waals surface area contributed by atoms with E-state index < -0.39 is 9.84 Å². The van der Waals surface area contributed by atoms with Crippen molar-refractivity contribution in [2.24, 2.45) is 0 Å². The molecule has 0 bridgehead atoms. The summed E-state index contributed by atoms with van der Waals surface area (Å²) in [5.74, 6) is -0.123. The summed E-state index contributed by atoms with van der Waals surface area (Å²) in [4.78, 5) is 14.6. The monoisotopic (exact) mass is 451 g/mol. The second-order valence-corrected chi connectivity index (χ2v) is 10.3. The van der Waals surface area contributed by atoms with E-state index in [1.54, 1.807) is 29.2 Å². The lowest BCUT2D eigenvalue weighted by Gasteiger charge is -2.27. The summed E-state index contributed by atoms with van der Waals surface area (Å²) in [6.45, 7) is 2.45. The zero-order valence-corrected chi connectivity index (χ0v) is 18.5. The number of aryl methyl sites for hydroxylation is 1. The van der Waals surface area contributed by atoms with Gasteiger partial charge in [-0.05, 0) is 47.7 Å². The molecule has 1 aliphatic rings. The first-order chi connectivity index (χ1) is 13.8. The minimum absolute atomic E-state index is 0.00131. The lowest BCUT2D eigenvalue weighted by atomic mass is 10.1. The Bertz CT molecular complexity index is 1020. The van der Waals surface area contributed by atoms with Gasteiger partial charge in [0.2, 0.25) is 5.91 Å². The highest BCUT2D eigenvalue weighted by molar-refractivity contribution is 7.91. The Balaban J connectivity index is 1.83. The van der Waals surface area contributed by atoms with Crippen molar-refractivity contribution in [2.45, 2.75) is 32.4 Å². The molecule has 0 saturated carbocycles. The van der Waals surface area contributed by atoms with Crippen LogP contribution in [0.4, 0.5) is 0 Å². The van der Waals surface area contributed by atoms with Crippen molar-refractivity contribution in [1.82, 2.24) is 4.90 Å². The summed E-state index contributed by atoms with van der Waals surface area (Å²) in [7, 11) is -3.11. The van der Waals surface area contributed by atoms with Gasteiger partial charge in [-0.1, -0.05) is 60.5 Å². The van der Waals surface area contributed by atoms with Crippen LogP contribution in [0.3, 0.4) is 0 Å². The van der Waals surface area contributed by atoms with Crippen LogP contribution in [0.1, 0.15) is 30.0 Å². The smallest absolute Gasteiger partial charge is 0.247 e. The third kappa shape index (κ3) is 5.84. The van der Waals surface area contributed by atoms with E-state index in [0.717, 1.165) is 12.0 Å². The molecule has 1 heterocycles. The van der Waals surface area contributed by atoms with E-state index in [1.165, 1.54) is 11.6 Å². The number of halogens is 2. The van der Waals surface area contributed by atoms with Gasteiger partial charge in [-0.3, -0.25) is 4.79 Å². The van der Waals surface area contributed by atoms with Gasteiger partial charge in [0.25, 0.3) is 0 Å². The fourth-order valence-corrected chi connectivity index (χ4v) is 5.58. The number of carbonyl (C=O) groups is 1. The fourth-order valence-electron chi connectivity index (χ4n) is 3.38. The van der Waals surface area contributed by atoms with Gasteiger partial charge in [-0.15, -0.1) is 0 Å². The predicted octanol–water partition coefficient (Wildman–Crippen LogP) is 4.78. The molecule has 0 aromatic heterocycles. The first kappa shape index (κ1) is 21.9. The summed E-state index contributed by atoms with van der Waals surface area (Å²) < 4.78 is 23.9. The van der Waals surface area contributed by atoms with Gasteiger partial charge in [-0.2, -0.15) is 0 Å². The van der Waals surface area contributed by atoms with Crippen LogP contribution < -0.4 is 0 Å². The Morgan fingerprint density at radius 1 is 1.14 bits per heavy atom. The molecule has 0 spiro atoms. The number of sulfone groups is 1. The normalized spacial score (nSPS) is 18.2. The maximum atomic E-state index is 13.0. The molecule has 1 amide bonds. The zero-order valence-electron chi connectivity index (χ0n) is 16.1. The number of hydrogen-bond donors (Lipinski definition) is 0. The van der Waals surface area contributed by atoms with Crippen LogP contribution in [0.25, 0.3) is 6.08 Å². The second-order valence-electron chi connectivity index (χ2n) is 7.19. The number of nitrogens with zero attached hydrogens (tertiary/aromatic N) is 1. The van der Waals surface area contributed by atoms with E-state index in [1.807, 2.05) is 24.3 Å². The molecule has 7 heteroatoms. The molecule has 4 nitrogen and oxygen atoms in total. The van der Waals surface area contributed by atoms with Gasteiger partial charge in [0.05, 0.1) is 11.5 Å². The molecule has 0 radical (unpaired) electrons. The van der Waals surface area contributed by atoms with E-state index in [4.69, 9.17) is 23.2 Å². The average molecular weight is 452 g/mol. The van der Waals surface area contributed by atoms with Crippen LogP contribution in [0.2, 0.25) is 10.0 Å². The van der Waals surface area contributed by atoms with Crippen molar-refractivity contribution < 1.29 is 13.2 Å². The summed E-state index contributed by atoms with van der Waals surface area (Å²) in [5, 5.41) is 0.971. The maximum Gasteiger partial charge on any atom is 0.247 e. The molecule has 3 rings (SSSR count). The Morgan fingerprint density at radius 2 is 1.83 bits per heavy atom. The van der Waals surface area contributed by atoms with Crippen LogP contribution in [0.15, 0.2) is 48.5 Å². The van der Waals surface area contributed by atoms with E-state index in [9.17, 15) is 13.2 Å². The molecule has 2 aromatic carbocycles. The highest BCUT2D eigenvalue weighted by Crippen LogP contribution is 2.24. The van der Waals surface area contributed by atoms with Crippen molar-refractivity contribution in [2.75, 3.05) is 11.5 Å². The Hall–Kier alpha value is -1.82. The minimum Gasteiger partial charge on any atom is -0.331 e. The van der Waals surface area contributed by atoms with E-state index in [0.29, 0.717) is 28.6 Å². The van der Waals surface area contributed by atoms with Gasteiger partial charge in [0.15, 0.2) is 9.84 Å². The van der Waals surface area contributed by atoms with E-state index in [2.05, 4.69) is 6.92 Å². The van der Waals surface area contributed by atoms with Gasteiger partial charge >= 0.3 is 0 Å². The highest BCUT2D eigenvalue weighted by Gasteiger charge is 2.34. The fraction of sp³-hybridized carbons (Fsp3) is 0.318. The molecule has 1 atom stereocenters. The van der Waals surface area contributed by atoms with Crippen LogP contribution >= 0.6 is 23.2 Å². The third-order valence-corrected chi connectivity index (χ3v) is 7.40. The van der Waals surface area contributed by atoms with Crippen LogP contribution in [0, 0.1) is 0 Å². The van der Waals surface area contributed by atoms with Crippen molar-refractivity contribution in [1.29, 1.82) is 0 Å². The Kier molecular flexibility index (Phi) is 7.04. The summed E-state index contributed by atoms with van der Waals surface area (Å²) in [6, 6.07) is 12.8. The summed E-state index contributed by atoms with van der Waals surface area (Å²) in [5.41, 5.74) is 2.86.